The van der Waals surface area contributed by atoms with Crippen molar-refractivity contribution < 1.29 is 19.7 Å². The summed E-state index contributed by atoms with van der Waals surface area (Å²) in [6.45, 7) is 4.52. The molecule has 0 aromatic heterocycles. The van der Waals surface area contributed by atoms with Gasteiger partial charge in [-0.3, -0.25) is 9.69 Å². The predicted molar refractivity (Wildman–Crippen MR) is 91.8 cm³/mol. The van der Waals surface area contributed by atoms with Crippen LogP contribution in [0.2, 0.25) is 0 Å². The first-order valence-electron chi connectivity index (χ1n) is 9.02. The van der Waals surface area contributed by atoms with Gasteiger partial charge in [-0.2, -0.15) is 0 Å². The Bertz CT molecular complexity index is 805. The first-order chi connectivity index (χ1) is 11.9. The Morgan fingerprint density at radius 2 is 2.28 bits per heavy atom. The van der Waals surface area contributed by atoms with Crippen LogP contribution in [0.4, 0.5) is 0 Å². The second-order valence-electron chi connectivity index (χ2n) is 8.15. The zero-order valence-corrected chi connectivity index (χ0v) is 14.4. The number of rotatable bonds is 3. The SMILES string of the molecule is C=CCN(C)[C@H]1C2Cc3ccc(O)c4c3[C@]3(C2)[C@H](O4)C(=O)CC[C@]13O. The number of ketones is 1. The summed E-state index contributed by atoms with van der Waals surface area (Å²) in [5.41, 5.74) is 0.237. The number of aliphatic hydroxyl groups is 1. The minimum Gasteiger partial charge on any atom is -0.504 e. The molecule has 4 aliphatic rings. The average molecular weight is 341 g/mol. The van der Waals surface area contributed by atoms with Crippen LogP contribution < -0.4 is 4.74 Å². The Morgan fingerprint density at radius 3 is 3.04 bits per heavy atom. The minimum atomic E-state index is -1.03. The van der Waals surface area contributed by atoms with Gasteiger partial charge in [-0.05, 0) is 43.9 Å². The summed E-state index contributed by atoms with van der Waals surface area (Å²) in [6.07, 6.45) is 3.50. The number of carbonyl (C=O) groups excluding carboxylic acids is 1. The minimum absolute atomic E-state index is 0.0406. The standard InChI is InChI=1S/C20H23NO4/c1-3-8-21(2)17-12-9-11-4-5-13(22)16-15(11)19(10-12)18(25-16)14(23)6-7-20(17,19)24/h3-5,12,17-18,22,24H,1,6-10H2,2H3/t12?,17-,18+,19+,20-/m0/s1. The van der Waals surface area contributed by atoms with E-state index in [-0.39, 0.29) is 23.5 Å². The van der Waals surface area contributed by atoms with Gasteiger partial charge in [0.25, 0.3) is 0 Å². The molecule has 2 bridgehead atoms. The smallest absolute Gasteiger partial charge is 0.174 e. The third-order valence-corrected chi connectivity index (χ3v) is 7.06. The molecule has 0 radical (unpaired) electrons. The first-order valence-corrected chi connectivity index (χ1v) is 9.02. The van der Waals surface area contributed by atoms with Crippen molar-refractivity contribution in [3.8, 4) is 11.5 Å². The van der Waals surface area contributed by atoms with Gasteiger partial charge in [0.2, 0.25) is 0 Å². The number of carbonyl (C=O) groups is 1. The van der Waals surface area contributed by atoms with Crippen LogP contribution in [0.1, 0.15) is 30.4 Å². The molecule has 2 N–H and O–H groups in total. The number of ether oxygens (including phenoxy) is 1. The molecule has 2 saturated carbocycles. The molecule has 1 heterocycles. The van der Waals surface area contributed by atoms with Crippen LogP contribution in [0, 0.1) is 5.92 Å². The van der Waals surface area contributed by atoms with Gasteiger partial charge in [0, 0.05) is 24.6 Å². The van der Waals surface area contributed by atoms with Crippen molar-refractivity contribution in [1.29, 1.82) is 0 Å². The molecule has 2 fully saturated rings. The van der Waals surface area contributed by atoms with Crippen molar-refractivity contribution in [2.45, 2.75) is 48.8 Å². The number of phenolic OH excluding ortho intramolecular Hbond substituents is 1. The molecule has 25 heavy (non-hydrogen) atoms. The van der Waals surface area contributed by atoms with E-state index in [0.717, 1.165) is 24.0 Å². The van der Waals surface area contributed by atoms with E-state index >= 15 is 0 Å². The number of Topliss-reactive ketones (excluding diaryl/α,β-unsaturated/α-hetero) is 1. The summed E-state index contributed by atoms with van der Waals surface area (Å²) >= 11 is 0. The van der Waals surface area contributed by atoms with E-state index < -0.39 is 17.1 Å². The van der Waals surface area contributed by atoms with Crippen LogP contribution in [0.5, 0.6) is 11.5 Å². The molecule has 5 heteroatoms. The molecule has 1 aliphatic heterocycles. The van der Waals surface area contributed by atoms with Crippen molar-refractivity contribution >= 4 is 5.78 Å². The highest BCUT2D eigenvalue weighted by molar-refractivity contribution is 5.90. The fourth-order valence-electron chi connectivity index (χ4n) is 6.41. The van der Waals surface area contributed by atoms with Crippen LogP contribution in [0.15, 0.2) is 24.8 Å². The summed E-state index contributed by atoms with van der Waals surface area (Å²) in [5.74, 6) is 0.787. The Labute approximate surface area is 146 Å². The second kappa shape index (κ2) is 4.65. The number of likely N-dealkylation sites (N-methyl/N-ethyl adjacent to an activating group) is 1. The van der Waals surface area contributed by atoms with E-state index in [1.54, 1.807) is 6.07 Å². The molecule has 132 valence electrons. The van der Waals surface area contributed by atoms with E-state index in [1.165, 1.54) is 0 Å². The number of benzene rings is 1. The van der Waals surface area contributed by atoms with Gasteiger partial charge in [0.05, 0.1) is 11.0 Å². The van der Waals surface area contributed by atoms with Crippen LogP contribution in [-0.4, -0.2) is 52.2 Å². The molecule has 1 unspecified atom stereocenters. The topological polar surface area (TPSA) is 70.0 Å². The lowest BCUT2D eigenvalue weighted by Gasteiger charge is -2.49. The maximum atomic E-state index is 12.7. The molecule has 1 spiro atoms. The highest BCUT2D eigenvalue weighted by Gasteiger charge is 2.76. The van der Waals surface area contributed by atoms with E-state index in [1.807, 2.05) is 19.2 Å². The van der Waals surface area contributed by atoms with Crippen LogP contribution >= 0.6 is 0 Å². The molecular weight excluding hydrogens is 318 g/mol. The van der Waals surface area contributed by atoms with Gasteiger partial charge in [-0.1, -0.05) is 12.1 Å². The Morgan fingerprint density at radius 1 is 1.48 bits per heavy atom. The monoisotopic (exact) mass is 341 g/mol. The Balaban J connectivity index is 1.78. The van der Waals surface area contributed by atoms with Gasteiger partial charge in [-0.15, -0.1) is 6.58 Å². The Kier molecular flexibility index (Phi) is 2.87. The van der Waals surface area contributed by atoms with Gasteiger partial charge < -0.3 is 14.9 Å². The lowest BCUT2D eigenvalue weighted by molar-refractivity contribution is -0.151. The molecule has 3 aliphatic carbocycles. The summed E-state index contributed by atoms with van der Waals surface area (Å²) in [4.78, 5) is 14.9. The number of nitrogens with zero attached hydrogens (tertiary/aromatic N) is 1. The number of hydrogen-bond donors (Lipinski definition) is 2. The normalized spacial score (nSPS) is 40.1. The lowest BCUT2D eigenvalue weighted by atomic mass is 9.58. The van der Waals surface area contributed by atoms with Gasteiger partial charge in [0.15, 0.2) is 23.4 Å². The molecule has 1 aromatic carbocycles. The zero-order valence-electron chi connectivity index (χ0n) is 14.4. The largest absolute Gasteiger partial charge is 0.504 e. The second-order valence-corrected chi connectivity index (χ2v) is 8.15. The van der Waals surface area contributed by atoms with Crippen molar-refractivity contribution in [3.05, 3.63) is 35.9 Å². The number of phenols is 1. The fraction of sp³-hybridized carbons (Fsp3) is 0.550. The maximum absolute atomic E-state index is 12.7. The molecule has 5 rings (SSSR count). The quantitative estimate of drug-likeness (QED) is 0.817. The summed E-state index contributed by atoms with van der Waals surface area (Å²) in [7, 11) is 2.02. The van der Waals surface area contributed by atoms with E-state index in [4.69, 9.17) is 4.74 Å². The van der Waals surface area contributed by atoms with E-state index in [0.29, 0.717) is 25.1 Å². The van der Waals surface area contributed by atoms with Gasteiger partial charge in [0.1, 0.15) is 0 Å². The third kappa shape index (κ3) is 1.55. The maximum Gasteiger partial charge on any atom is 0.174 e. The van der Waals surface area contributed by atoms with Crippen molar-refractivity contribution in [2.24, 2.45) is 5.92 Å². The van der Waals surface area contributed by atoms with Gasteiger partial charge >= 0.3 is 0 Å². The highest BCUT2D eigenvalue weighted by atomic mass is 16.5. The molecule has 0 amide bonds. The Hall–Kier alpha value is -1.85. The summed E-state index contributed by atoms with van der Waals surface area (Å²) in [5, 5.41) is 22.3. The van der Waals surface area contributed by atoms with Crippen molar-refractivity contribution in [2.75, 3.05) is 13.6 Å². The van der Waals surface area contributed by atoms with Crippen molar-refractivity contribution in [1.82, 2.24) is 4.90 Å². The van der Waals surface area contributed by atoms with Crippen LogP contribution in [-0.2, 0) is 16.6 Å². The number of aromatic hydroxyl groups is 1. The molecule has 0 saturated heterocycles. The average Bonchev–Trinajstić information content (AvgIpc) is 3.03. The molecular formula is C20H23NO4. The van der Waals surface area contributed by atoms with E-state index in [9.17, 15) is 15.0 Å². The third-order valence-electron chi connectivity index (χ3n) is 7.06. The molecule has 5 nitrogen and oxygen atoms in total. The summed E-state index contributed by atoms with van der Waals surface area (Å²) < 4.78 is 6.02. The molecule has 1 aromatic rings. The predicted octanol–water partition coefficient (Wildman–Crippen LogP) is 1.55. The molecule has 5 atom stereocenters. The highest BCUT2D eigenvalue weighted by Crippen LogP contribution is 2.68. The van der Waals surface area contributed by atoms with Crippen LogP contribution in [0.3, 0.4) is 0 Å². The number of hydrogen-bond acceptors (Lipinski definition) is 5. The first kappa shape index (κ1) is 15.4. The van der Waals surface area contributed by atoms with E-state index in [2.05, 4.69) is 11.5 Å². The number of fused-ring (bicyclic) bond motifs is 1. The zero-order chi connectivity index (χ0) is 17.6. The van der Waals surface area contributed by atoms with Gasteiger partial charge in [-0.25, -0.2) is 0 Å². The van der Waals surface area contributed by atoms with Crippen molar-refractivity contribution in [3.63, 3.8) is 0 Å². The van der Waals surface area contributed by atoms with Crippen LogP contribution in [0.25, 0.3) is 0 Å². The lowest BCUT2D eigenvalue weighted by Crippen LogP contribution is -2.66. The fourth-order valence-corrected chi connectivity index (χ4v) is 6.41. The summed E-state index contributed by atoms with van der Waals surface area (Å²) in [6, 6.07) is 3.53.